The average molecular weight is 572 g/mol. The Hall–Kier alpha value is -4.64. The summed E-state index contributed by atoms with van der Waals surface area (Å²) in [6.07, 6.45) is 4.49. The molecular formula is C29H20ClF2N7O2. The van der Waals surface area contributed by atoms with Crippen molar-refractivity contribution in [1.29, 1.82) is 0 Å². The van der Waals surface area contributed by atoms with Crippen molar-refractivity contribution in [1.82, 2.24) is 29.5 Å². The number of nitrogens with zero attached hydrogens (tertiary/aromatic N) is 5. The van der Waals surface area contributed by atoms with Gasteiger partial charge in [0.05, 0.1) is 24.1 Å². The highest BCUT2D eigenvalue weighted by atomic mass is 35.5. The molecule has 3 atom stereocenters. The van der Waals surface area contributed by atoms with Gasteiger partial charge in [0.1, 0.15) is 17.3 Å². The summed E-state index contributed by atoms with van der Waals surface area (Å²) in [4.78, 5) is 32.4. The van der Waals surface area contributed by atoms with Crippen molar-refractivity contribution in [3.05, 3.63) is 99.1 Å². The van der Waals surface area contributed by atoms with Crippen molar-refractivity contribution in [3.8, 4) is 28.1 Å². The molecule has 3 aromatic heterocycles. The smallest absolute Gasteiger partial charge is 0.252 e. The van der Waals surface area contributed by atoms with Gasteiger partial charge < -0.3 is 14.9 Å². The van der Waals surface area contributed by atoms with Crippen LogP contribution in [0.4, 0.5) is 14.5 Å². The van der Waals surface area contributed by atoms with Gasteiger partial charge in [-0.05, 0) is 60.7 Å². The van der Waals surface area contributed by atoms with Crippen molar-refractivity contribution in [2.24, 2.45) is 5.92 Å². The van der Waals surface area contributed by atoms with E-state index in [4.69, 9.17) is 11.6 Å². The number of amides is 1. The number of fused-ring (bicyclic) bond motifs is 4. The van der Waals surface area contributed by atoms with Crippen molar-refractivity contribution < 1.29 is 13.6 Å². The van der Waals surface area contributed by atoms with Crippen LogP contribution in [0.2, 0.25) is 5.02 Å². The van der Waals surface area contributed by atoms with E-state index in [-0.39, 0.29) is 53.2 Å². The fourth-order valence-electron chi connectivity index (χ4n) is 6.35. The standard InChI is InChI=1S/C29H20ClF2N7O2/c30-14-1-5-21(38-8-7-33-37-38)17(11-14)13-9-22-18-12-19(18)27(39(22)24(41)10-13)29-35-26(28(32)36-29)16-2-4-20-15(25(16)31)3-6-23(40)34-20/h1-2,4-5,7-11,18-19,27H,3,6,12H2,(H,34,40)(H,35,36). The van der Waals surface area contributed by atoms with Gasteiger partial charge in [-0.2, -0.15) is 4.39 Å². The Labute approximate surface area is 235 Å². The van der Waals surface area contributed by atoms with Crippen LogP contribution in [0.3, 0.4) is 0 Å². The van der Waals surface area contributed by atoms with E-state index < -0.39 is 17.8 Å². The number of hydrogen-bond donors (Lipinski definition) is 2. The van der Waals surface area contributed by atoms with Gasteiger partial charge in [-0.15, -0.1) is 5.10 Å². The molecule has 2 N–H and O–H groups in total. The Morgan fingerprint density at radius 1 is 1.02 bits per heavy atom. The molecule has 1 aliphatic carbocycles. The van der Waals surface area contributed by atoms with Crippen LogP contribution in [0, 0.1) is 17.7 Å². The van der Waals surface area contributed by atoms with E-state index in [9.17, 15) is 9.59 Å². The predicted octanol–water partition coefficient (Wildman–Crippen LogP) is 5.01. The highest BCUT2D eigenvalue weighted by Crippen LogP contribution is 2.60. The number of nitrogens with one attached hydrogen (secondary N) is 2. The summed E-state index contributed by atoms with van der Waals surface area (Å²) in [5, 5.41) is 11.1. The number of imidazole rings is 1. The summed E-state index contributed by atoms with van der Waals surface area (Å²) >= 11 is 6.33. The average Bonchev–Trinajstić information content (AvgIpc) is 3.25. The van der Waals surface area contributed by atoms with Crippen LogP contribution < -0.4 is 10.9 Å². The van der Waals surface area contributed by atoms with Gasteiger partial charge in [0.2, 0.25) is 11.9 Å². The second-order valence-corrected chi connectivity index (χ2v) is 11.1. The molecular weight excluding hydrogens is 552 g/mol. The second kappa shape index (κ2) is 8.68. The molecule has 3 aliphatic rings. The molecule has 12 heteroatoms. The summed E-state index contributed by atoms with van der Waals surface area (Å²) in [5.41, 5.74) is 3.40. The molecule has 1 fully saturated rings. The van der Waals surface area contributed by atoms with E-state index in [2.05, 4.69) is 25.6 Å². The molecule has 0 bridgehead atoms. The quantitative estimate of drug-likeness (QED) is 0.315. The van der Waals surface area contributed by atoms with Crippen LogP contribution in [0.1, 0.15) is 41.9 Å². The minimum Gasteiger partial charge on any atom is -0.338 e. The van der Waals surface area contributed by atoms with E-state index in [0.717, 1.165) is 23.4 Å². The van der Waals surface area contributed by atoms with Crippen LogP contribution >= 0.6 is 11.6 Å². The van der Waals surface area contributed by atoms with E-state index in [1.54, 1.807) is 39.8 Å². The second-order valence-electron chi connectivity index (χ2n) is 10.6. The van der Waals surface area contributed by atoms with Crippen molar-refractivity contribution in [2.45, 2.75) is 31.2 Å². The number of benzene rings is 2. The number of pyridine rings is 1. The van der Waals surface area contributed by atoms with Crippen LogP contribution in [0.15, 0.2) is 59.7 Å². The van der Waals surface area contributed by atoms with Crippen LogP contribution in [0.5, 0.6) is 0 Å². The highest BCUT2D eigenvalue weighted by Gasteiger charge is 2.54. The van der Waals surface area contributed by atoms with Gasteiger partial charge in [-0.25, -0.2) is 14.1 Å². The Bertz CT molecular complexity index is 1970. The number of halogens is 3. The number of aromatic amines is 1. The van der Waals surface area contributed by atoms with Crippen molar-refractivity contribution >= 4 is 23.2 Å². The Morgan fingerprint density at radius 3 is 2.73 bits per heavy atom. The largest absolute Gasteiger partial charge is 0.338 e. The first-order valence-electron chi connectivity index (χ1n) is 13.2. The lowest BCUT2D eigenvalue weighted by molar-refractivity contribution is -0.116. The summed E-state index contributed by atoms with van der Waals surface area (Å²) in [5.74, 6) is -1.17. The van der Waals surface area contributed by atoms with Gasteiger partial charge in [0.25, 0.3) is 5.56 Å². The zero-order valence-corrected chi connectivity index (χ0v) is 22.0. The van der Waals surface area contributed by atoms with Gasteiger partial charge >= 0.3 is 0 Å². The lowest BCUT2D eigenvalue weighted by Gasteiger charge is -2.19. The van der Waals surface area contributed by atoms with E-state index in [1.165, 1.54) is 12.1 Å². The van der Waals surface area contributed by atoms with Crippen molar-refractivity contribution in [2.75, 3.05) is 5.32 Å². The summed E-state index contributed by atoms with van der Waals surface area (Å²) in [6, 6.07) is 11.4. The Morgan fingerprint density at radius 2 is 1.90 bits per heavy atom. The third kappa shape index (κ3) is 3.68. The zero-order chi connectivity index (χ0) is 28.0. The number of H-pyrrole nitrogens is 1. The minimum atomic E-state index is -0.842. The normalized spacial score (nSPS) is 20.4. The van der Waals surface area contributed by atoms with E-state index >= 15 is 8.78 Å². The summed E-state index contributed by atoms with van der Waals surface area (Å²) in [6.45, 7) is 0. The number of aromatic nitrogens is 6. The molecule has 204 valence electrons. The lowest BCUT2D eigenvalue weighted by Crippen LogP contribution is -2.26. The van der Waals surface area contributed by atoms with Crippen LogP contribution in [-0.4, -0.2) is 35.4 Å². The molecule has 2 aromatic carbocycles. The maximum Gasteiger partial charge on any atom is 0.252 e. The molecule has 5 aromatic rings. The highest BCUT2D eigenvalue weighted by molar-refractivity contribution is 6.31. The van der Waals surface area contributed by atoms with Crippen LogP contribution in [-0.2, 0) is 11.2 Å². The Kier molecular flexibility index (Phi) is 5.12. The number of rotatable bonds is 4. The third-order valence-electron chi connectivity index (χ3n) is 8.29. The molecule has 2 aliphatic heterocycles. The molecule has 0 saturated heterocycles. The molecule has 3 unspecified atom stereocenters. The monoisotopic (exact) mass is 571 g/mol. The SMILES string of the molecule is O=C1CCc2c(ccc(-c3[nH]c(C4C5CC5c5cc(-c6cc(Cl)ccc6-n6ccnn6)cc(=O)n54)nc3F)c2F)N1. The molecule has 5 heterocycles. The zero-order valence-electron chi connectivity index (χ0n) is 21.2. The molecule has 8 rings (SSSR count). The Balaban J connectivity index is 1.20. The van der Waals surface area contributed by atoms with Gasteiger partial charge in [-0.3, -0.25) is 9.59 Å². The van der Waals surface area contributed by atoms with Gasteiger partial charge in [0, 0.05) is 51.5 Å². The molecule has 9 nitrogen and oxygen atoms in total. The first-order valence-corrected chi connectivity index (χ1v) is 13.6. The van der Waals surface area contributed by atoms with E-state index in [1.807, 2.05) is 12.1 Å². The fraction of sp³-hybridized carbons (Fsp3) is 0.207. The molecule has 41 heavy (non-hydrogen) atoms. The number of carbonyl (C=O) groups is 1. The minimum absolute atomic E-state index is 0.0333. The first-order chi connectivity index (χ1) is 19.9. The fourth-order valence-corrected chi connectivity index (χ4v) is 6.52. The third-order valence-corrected chi connectivity index (χ3v) is 8.52. The van der Waals surface area contributed by atoms with E-state index in [0.29, 0.717) is 21.8 Å². The predicted molar refractivity (Wildman–Crippen MR) is 146 cm³/mol. The van der Waals surface area contributed by atoms with Gasteiger partial charge in [0.15, 0.2) is 0 Å². The molecule has 1 amide bonds. The first kappa shape index (κ1) is 24.2. The molecule has 0 radical (unpaired) electrons. The van der Waals surface area contributed by atoms with Crippen LogP contribution in [0.25, 0.3) is 28.1 Å². The molecule has 0 spiro atoms. The lowest BCUT2D eigenvalue weighted by atomic mass is 9.98. The maximum atomic E-state index is 15.4. The molecule has 1 saturated carbocycles. The number of carbonyl (C=O) groups excluding carboxylic acids is 1. The number of hydrogen-bond acceptors (Lipinski definition) is 5. The summed E-state index contributed by atoms with van der Waals surface area (Å²) in [7, 11) is 0. The topological polar surface area (TPSA) is 110 Å². The van der Waals surface area contributed by atoms with Gasteiger partial charge in [-0.1, -0.05) is 16.8 Å². The van der Waals surface area contributed by atoms with Crippen molar-refractivity contribution in [3.63, 3.8) is 0 Å². The number of anilines is 1. The summed E-state index contributed by atoms with van der Waals surface area (Å²) < 4.78 is 34.0. The maximum absolute atomic E-state index is 15.4.